The Balaban J connectivity index is 1.60. The molecule has 1 saturated heterocycles. The highest BCUT2D eigenvalue weighted by Gasteiger charge is 2.36. The van der Waals surface area contributed by atoms with Crippen molar-refractivity contribution in [1.82, 2.24) is 0 Å². The van der Waals surface area contributed by atoms with Gasteiger partial charge in [-0.15, -0.1) is 0 Å². The summed E-state index contributed by atoms with van der Waals surface area (Å²) < 4.78 is 12.9. The van der Waals surface area contributed by atoms with E-state index in [0.717, 1.165) is 25.8 Å². The Kier molecular flexibility index (Phi) is 8.08. The molecule has 1 aliphatic heterocycles. The highest BCUT2D eigenvalue weighted by atomic mass is 127. The van der Waals surface area contributed by atoms with Gasteiger partial charge < -0.3 is 9.47 Å². The van der Waals surface area contributed by atoms with Gasteiger partial charge in [0.25, 0.3) is 11.1 Å². The molecule has 0 N–H and O–H groups in total. The van der Waals surface area contributed by atoms with Crippen molar-refractivity contribution in [2.24, 2.45) is 0 Å². The first kappa shape index (κ1) is 24.9. The van der Waals surface area contributed by atoms with E-state index in [1.165, 1.54) is 0 Å². The fraction of sp³-hybridized carbons (Fsp3) is 0.120. The molecular weight excluding hydrogens is 608 g/mol. The highest BCUT2D eigenvalue weighted by Crippen LogP contribution is 2.40. The van der Waals surface area contributed by atoms with Crippen LogP contribution in [-0.4, -0.2) is 17.8 Å². The Morgan fingerprint density at radius 3 is 2.50 bits per heavy atom. The zero-order chi connectivity index (χ0) is 24.2. The van der Waals surface area contributed by atoms with Gasteiger partial charge in [0.05, 0.1) is 22.2 Å². The molecule has 0 unspecified atom stereocenters. The third-order valence-corrected chi connectivity index (χ3v) is 6.89. The van der Waals surface area contributed by atoms with E-state index < -0.39 is 11.1 Å². The number of hydrogen-bond donors (Lipinski definition) is 0. The number of ether oxygens (including phenoxy) is 2. The van der Waals surface area contributed by atoms with Crippen molar-refractivity contribution in [2.45, 2.75) is 13.5 Å². The highest BCUT2D eigenvalue weighted by molar-refractivity contribution is 14.1. The van der Waals surface area contributed by atoms with Crippen LogP contribution in [-0.2, 0) is 11.4 Å². The van der Waals surface area contributed by atoms with Crippen molar-refractivity contribution >= 4 is 80.5 Å². The molecule has 0 bridgehead atoms. The van der Waals surface area contributed by atoms with E-state index in [1.54, 1.807) is 42.5 Å². The second kappa shape index (κ2) is 11.0. The summed E-state index contributed by atoms with van der Waals surface area (Å²) in [6.07, 6.45) is 1.62. The van der Waals surface area contributed by atoms with Gasteiger partial charge in [0.15, 0.2) is 11.5 Å². The first-order valence-electron chi connectivity index (χ1n) is 10.2. The molecule has 0 aliphatic carbocycles. The molecule has 0 aromatic heterocycles. The Bertz CT molecular complexity index is 1280. The average Bonchev–Trinajstić information content (AvgIpc) is 3.07. The SMILES string of the molecule is CCOc1cc(/C=C2/SC(=O)N(c3cccc(Cl)c3)C2=O)cc(Cl)c1OCc1ccc(I)cc1. The number of nitrogens with zero attached hydrogens (tertiary/aromatic N) is 1. The first-order valence-corrected chi connectivity index (χ1v) is 12.9. The lowest BCUT2D eigenvalue weighted by Gasteiger charge is -2.15. The van der Waals surface area contributed by atoms with E-state index in [0.29, 0.717) is 46.0 Å². The van der Waals surface area contributed by atoms with E-state index in [2.05, 4.69) is 22.6 Å². The minimum atomic E-state index is -0.426. The quantitative estimate of drug-likeness (QED) is 0.198. The van der Waals surface area contributed by atoms with Crippen LogP contribution < -0.4 is 14.4 Å². The molecular formula is C25H18Cl2INO4S. The van der Waals surface area contributed by atoms with E-state index in [1.807, 2.05) is 31.2 Å². The molecule has 174 valence electrons. The third-order valence-electron chi connectivity index (χ3n) is 4.79. The Morgan fingerprint density at radius 2 is 1.79 bits per heavy atom. The Hall–Kier alpha value is -2.20. The zero-order valence-electron chi connectivity index (χ0n) is 17.9. The Labute approximate surface area is 225 Å². The van der Waals surface area contributed by atoms with Gasteiger partial charge in [0.1, 0.15) is 6.61 Å². The van der Waals surface area contributed by atoms with Gasteiger partial charge in [-0.05, 0) is 101 Å². The van der Waals surface area contributed by atoms with Crippen LogP contribution in [0.4, 0.5) is 10.5 Å². The van der Waals surface area contributed by atoms with Crippen LogP contribution in [0.1, 0.15) is 18.1 Å². The molecule has 34 heavy (non-hydrogen) atoms. The fourth-order valence-electron chi connectivity index (χ4n) is 3.27. The topological polar surface area (TPSA) is 55.8 Å². The number of thioether (sulfide) groups is 1. The molecule has 1 heterocycles. The third kappa shape index (κ3) is 5.71. The molecule has 5 nitrogen and oxygen atoms in total. The Morgan fingerprint density at radius 1 is 1.03 bits per heavy atom. The summed E-state index contributed by atoms with van der Waals surface area (Å²) in [4.78, 5) is 26.9. The summed E-state index contributed by atoms with van der Waals surface area (Å²) in [5.74, 6) is 0.456. The lowest BCUT2D eigenvalue weighted by molar-refractivity contribution is -0.113. The minimum absolute atomic E-state index is 0.274. The number of hydrogen-bond acceptors (Lipinski definition) is 5. The van der Waals surface area contributed by atoms with Crippen molar-refractivity contribution < 1.29 is 19.1 Å². The van der Waals surface area contributed by atoms with Crippen molar-refractivity contribution in [1.29, 1.82) is 0 Å². The summed E-state index contributed by atoms with van der Waals surface area (Å²) >= 11 is 15.7. The minimum Gasteiger partial charge on any atom is -0.490 e. The molecule has 0 radical (unpaired) electrons. The maximum Gasteiger partial charge on any atom is 0.298 e. The van der Waals surface area contributed by atoms with Crippen LogP contribution in [0.2, 0.25) is 10.0 Å². The molecule has 1 fully saturated rings. The summed E-state index contributed by atoms with van der Waals surface area (Å²) in [5, 5.41) is 0.387. The molecule has 3 aromatic rings. The lowest BCUT2D eigenvalue weighted by Crippen LogP contribution is -2.27. The van der Waals surface area contributed by atoms with Gasteiger partial charge in [0, 0.05) is 8.59 Å². The van der Waals surface area contributed by atoms with Crippen LogP contribution in [0.25, 0.3) is 6.08 Å². The maximum absolute atomic E-state index is 13.0. The van der Waals surface area contributed by atoms with E-state index >= 15 is 0 Å². The van der Waals surface area contributed by atoms with E-state index in [9.17, 15) is 9.59 Å². The summed E-state index contributed by atoms with van der Waals surface area (Å²) in [6, 6.07) is 18.0. The number of anilines is 1. The molecule has 2 amide bonds. The van der Waals surface area contributed by atoms with Gasteiger partial charge in [-0.1, -0.05) is 41.4 Å². The second-order valence-corrected chi connectivity index (χ2v) is 10.3. The van der Waals surface area contributed by atoms with E-state index in [-0.39, 0.29) is 4.91 Å². The number of halogens is 3. The van der Waals surface area contributed by atoms with Crippen molar-refractivity contribution in [3.05, 3.63) is 90.3 Å². The lowest BCUT2D eigenvalue weighted by atomic mass is 10.1. The predicted octanol–water partition coefficient (Wildman–Crippen LogP) is 7.82. The zero-order valence-corrected chi connectivity index (χ0v) is 22.4. The number of amides is 2. The summed E-state index contributed by atoms with van der Waals surface area (Å²) in [7, 11) is 0. The van der Waals surface area contributed by atoms with Gasteiger partial charge in [0.2, 0.25) is 0 Å². The fourth-order valence-corrected chi connectivity index (χ4v) is 4.93. The second-order valence-electron chi connectivity index (χ2n) is 7.18. The summed E-state index contributed by atoms with van der Waals surface area (Å²) in [5.41, 5.74) is 2.04. The largest absolute Gasteiger partial charge is 0.490 e. The van der Waals surface area contributed by atoms with E-state index in [4.69, 9.17) is 32.7 Å². The smallest absolute Gasteiger partial charge is 0.298 e. The number of rotatable bonds is 7. The van der Waals surface area contributed by atoms with Gasteiger partial charge in [-0.25, -0.2) is 4.90 Å². The van der Waals surface area contributed by atoms with Crippen LogP contribution in [0, 0.1) is 3.57 Å². The van der Waals surface area contributed by atoms with Crippen LogP contribution >= 0.6 is 57.6 Å². The molecule has 0 spiro atoms. The molecule has 4 rings (SSSR count). The van der Waals surface area contributed by atoms with Crippen molar-refractivity contribution in [2.75, 3.05) is 11.5 Å². The monoisotopic (exact) mass is 625 g/mol. The average molecular weight is 626 g/mol. The predicted molar refractivity (Wildman–Crippen MR) is 146 cm³/mol. The van der Waals surface area contributed by atoms with Crippen LogP contribution in [0.5, 0.6) is 11.5 Å². The van der Waals surface area contributed by atoms with Crippen molar-refractivity contribution in [3.8, 4) is 11.5 Å². The van der Waals surface area contributed by atoms with Gasteiger partial charge >= 0.3 is 0 Å². The number of benzene rings is 3. The molecule has 3 aromatic carbocycles. The van der Waals surface area contributed by atoms with Crippen LogP contribution in [0.15, 0.2) is 65.6 Å². The molecule has 0 saturated carbocycles. The van der Waals surface area contributed by atoms with Crippen LogP contribution in [0.3, 0.4) is 0 Å². The molecule has 0 atom stereocenters. The summed E-state index contributed by atoms with van der Waals surface area (Å²) in [6.45, 7) is 2.60. The first-order chi connectivity index (χ1) is 16.4. The molecule has 1 aliphatic rings. The number of carbonyl (C=O) groups is 2. The molecule has 9 heteroatoms. The maximum atomic E-state index is 13.0. The number of imide groups is 1. The number of carbonyl (C=O) groups excluding carboxylic acids is 2. The van der Waals surface area contributed by atoms with Crippen molar-refractivity contribution in [3.63, 3.8) is 0 Å². The normalized spacial score (nSPS) is 14.7. The van der Waals surface area contributed by atoms with Gasteiger partial charge in [-0.3, -0.25) is 9.59 Å². The van der Waals surface area contributed by atoms with Gasteiger partial charge in [-0.2, -0.15) is 0 Å². The standard InChI is InChI=1S/C25H18Cl2INO4S/c1-2-32-21-11-16(10-20(27)23(21)33-14-15-6-8-18(28)9-7-15)12-22-24(30)29(25(31)34-22)19-5-3-4-17(26)13-19/h3-13H,2,14H2,1H3/b22-12+.